The summed E-state index contributed by atoms with van der Waals surface area (Å²) in [5.41, 5.74) is 0. The van der Waals surface area contributed by atoms with Crippen molar-refractivity contribution in [2.75, 3.05) is 13.1 Å². The van der Waals surface area contributed by atoms with Crippen LogP contribution in [0.1, 0.15) is 25.7 Å². The Morgan fingerprint density at radius 2 is 1.88 bits per heavy atom. The third kappa shape index (κ3) is 7.44. The summed E-state index contributed by atoms with van der Waals surface area (Å²) < 4.78 is 48.0. The molecule has 96 valence electrons. The topological polar surface area (TPSA) is 49.3 Å². The van der Waals surface area contributed by atoms with Crippen LogP contribution in [-0.4, -0.2) is 36.5 Å². The van der Waals surface area contributed by atoms with E-state index >= 15 is 0 Å². The molecular weight excluding hydrogens is 230 g/mol. The standard InChI is InChI=1S/C9H15F4NO2/c10-8(11)9(12,13)6-14-5-3-1-2-4-7(15)16/h8,14H,1-6H2,(H,15,16). The highest BCUT2D eigenvalue weighted by Gasteiger charge is 2.39. The number of carboxylic acids is 1. The first-order valence-corrected chi connectivity index (χ1v) is 4.95. The zero-order valence-electron chi connectivity index (χ0n) is 8.69. The van der Waals surface area contributed by atoms with E-state index in [0.717, 1.165) is 0 Å². The van der Waals surface area contributed by atoms with E-state index < -0.39 is 24.9 Å². The number of halogens is 4. The Labute approximate surface area is 90.8 Å². The molecule has 0 aliphatic rings. The minimum Gasteiger partial charge on any atom is -0.481 e. The number of hydrogen-bond acceptors (Lipinski definition) is 2. The quantitative estimate of drug-likeness (QED) is 0.483. The van der Waals surface area contributed by atoms with E-state index in [1.807, 2.05) is 0 Å². The minimum absolute atomic E-state index is 0.0349. The highest BCUT2D eigenvalue weighted by atomic mass is 19.3. The van der Waals surface area contributed by atoms with Gasteiger partial charge in [0, 0.05) is 6.42 Å². The fourth-order valence-corrected chi connectivity index (χ4v) is 1.04. The largest absolute Gasteiger partial charge is 0.481 e. The van der Waals surface area contributed by atoms with Gasteiger partial charge in [0.15, 0.2) is 0 Å². The van der Waals surface area contributed by atoms with E-state index in [1.54, 1.807) is 0 Å². The highest BCUT2D eigenvalue weighted by Crippen LogP contribution is 2.21. The summed E-state index contributed by atoms with van der Waals surface area (Å²) in [6, 6.07) is 0. The first-order valence-electron chi connectivity index (χ1n) is 4.95. The monoisotopic (exact) mass is 245 g/mol. The molecule has 0 saturated heterocycles. The Kier molecular flexibility index (Phi) is 7.03. The van der Waals surface area contributed by atoms with Crippen LogP contribution >= 0.6 is 0 Å². The summed E-state index contributed by atoms with van der Waals surface area (Å²) in [6.07, 6.45) is -2.10. The van der Waals surface area contributed by atoms with Crippen LogP contribution < -0.4 is 5.32 Å². The number of carboxylic acid groups (broad SMARTS) is 1. The van der Waals surface area contributed by atoms with Crippen LogP contribution in [0, 0.1) is 0 Å². The molecule has 0 aliphatic carbocycles. The summed E-state index contributed by atoms with van der Waals surface area (Å²) >= 11 is 0. The average Bonchev–Trinajstić information content (AvgIpc) is 2.15. The summed E-state index contributed by atoms with van der Waals surface area (Å²) in [7, 11) is 0. The molecule has 0 amide bonds. The van der Waals surface area contributed by atoms with Gasteiger partial charge >= 0.3 is 18.3 Å². The van der Waals surface area contributed by atoms with Gasteiger partial charge in [-0.2, -0.15) is 8.78 Å². The Hall–Kier alpha value is -0.850. The van der Waals surface area contributed by atoms with E-state index in [9.17, 15) is 22.4 Å². The molecule has 0 heterocycles. The van der Waals surface area contributed by atoms with Gasteiger partial charge in [0.2, 0.25) is 0 Å². The van der Waals surface area contributed by atoms with Crippen LogP contribution in [0.25, 0.3) is 0 Å². The lowest BCUT2D eigenvalue weighted by Gasteiger charge is -2.15. The number of carbonyl (C=O) groups is 1. The van der Waals surface area contributed by atoms with Crippen molar-refractivity contribution in [1.82, 2.24) is 5.32 Å². The van der Waals surface area contributed by atoms with Gasteiger partial charge in [0.25, 0.3) is 0 Å². The predicted molar refractivity (Wildman–Crippen MR) is 49.9 cm³/mol. The van der Waals surface area contributed by atoms with Crippen molar-refractivity contribution in [2.24, 2.45) is 0 Å². The number of nitrogens with one attached hydrogen (secondary N) is 1. The Bertz CT molecular complexity index is 212. The van der Waals surface area contributed by atoms with Crippen LogP contribution in [0.3, 0.4) is 0 Å². The van der Waals surface area contributed by atoms with Crippen molar-refractivity contribution in [2.45, 2.75) is 38.0 Å². The van der Waals surface area contributed by atoms with Gasteiger partial charge in [-0.3, -0.25) is 4.79 Å². The Balaban J connectivity index is 3.37. The Morgan fingerprint density at radius 3 is 2.38 bits per heavy atom. The lowest BCUT2D eigenvalue weighted by atomic mass is 10.2. The van der Waals surface area contributed by atoms with Gasteiger partial charge in [-0.15, -0.1) is 0 Å². The van der Waals surface area contributed by atoms with Crippen LogP contribution in [0.15, 0.2) is 0 Å². The van der Waals surface area contributed by atoms with Crippen molar-refractivity contribution < 1.29 is 27.5 Å². The number of alkyl halides is 4. The van der Waals surface area contributed by atoms with Crippen LogP contribution in [-0.2, 0) is 4.79 Å². The third-order valence-corrected chi connectivity index (χ3v) is 1.92. The first kappa shape index (κ1) is 15.2. The number of aliphatic carboxylic acids is 1. The van der Waals surface area contributed by atoms with Gasteiger partial charge in [-0.1, -0.05) is 6.42 Å². The molecule has 0 spiro atoms. The normalized spacial score (nSPS) is 12.1. The minimum atomic E-state index is -4.00. The molecule has 0 aliphatic heterocycles. The molecule has 0 saturated carbocycles. The first-order chi connectivity index (χ1) is 7.36. The Morgan fingerprint density at radius 1 is 1.25 bits per heavy atom. The molecule has 0 fully saturated rings. The summed E-state index contributed by atoms with van der Waals surface area (Å²) in [5.74, 6) is -4.90. The maximum Gasteiger partial charge on any atom is 0.319 e. The van der Waals surface area contributed by atoms with Crippen molar-refractivity contribution in [3.63, 3.8) is 0 Å². The van der Waals surface area contributed by atoms with Crippen molar-refractivity contribution in [3.8, 4) is 0 Å². The molecule has 2 N–H and O–H groups in total. The van der Waals surface area contributed by atoms with Crippen LogP contribution in [0.2, 0.25) is 0 Å². The van der Waals surface area contributed by atoms with E-state index in [4.69, 9.17) is 5.11 Å². The molecule has 16 heavy (non-hydrogen) atoms. The highest BCUT2D eigenvalue weighted by molar-refractivity contribution is 5.66. The predicted octanol–water partition coefficient (Wildman–Crippen LogP) is 2.12. The maximum atomic E-state index is 12.3. The average molecular weight is 245 g/mol. The van der Waals surface area contributed by atoms with Gasteiger partial charge in [-0.25, -0.2) is 8.78 Å². The fourth-order valence-electron chi connectivity index (χ4n) is 1.04. The van der Waals surface area contributed by atoms with Crippen LogP contribution in [0.5, 0.6) is 0 Å². The molecular formula is C9H15F4NO2. The molecule has 0 aromatic carbocycles. The molecule has 0 bridgehead atoms. The maximum absolute atomic E-state index is 12.3. The van der Waals surface area contributed by atoms with Gasteiger partial charge in [0.1, 0.15) is 0 Å². The molecule has 3 nitrogen and oxygen atoms in total. The van der Waals surface area contributed by atoms with Crippen LogP contribution in [0.4, 0.5) is 17.6 Å². The molecule has 0 atom stereocenters. The van der Waals surface area contributed by atoms with Crippen molar-refractivity contribution in [1.29, 1.82) is 0 Å². The molecule has 0 aromatic heterocycles. The lowest BCUT2D eigenvalue weighted by Crippen LogP contribution is -2.39. The molecule has 0 unspecified atom stereocenters. The lowest BCUT2D eigenvalue weighted by molar-refractivity contribution is -0.137. The number of unbranched alkanes of at least 4 members (excludes halogenated alkanes) is 2. The van der Waals surface area contributed by atoms with E-state index in [1.165, 1.54) is 0 Å². The smallest absolute Gasteiger partial charge is 0.319 e. The van der Waals surface area contributed by atoms with Gasteiger partial charge in [0.05, 0.1) is 6.54 Å². The summed E-state index contributed by atoms with van der Waals surface area (Å²) in [4.78, 5) is 10.1. The van der Waals surface area contributed by atoms with E-state index in [0.29, 0.717) is 19.3 Å². The second-order valence-electron chi connectivity index (χ2n) is 3.44. The molecule has 0 radical (unpaired) electrons. The molecule has 7 heteroatoms. The fraction of sp³-hybridized carbons (Fsp3) is 0.889. The third-order valence-electron chi connectivity index (χ3n) is 1.92. The molecule has 0 aromatic rings. The van der Waals surface area contributed by atoms with Crippen molar-refractivity contribution in [3.05, 3.63) is 0 Å². The number of hydrogen-bond donors (Lipinski definition) is 2. The molecule has 0 rings (SSSR count). The van der Waals surface area contributed by atoms with Crippen molar-refractivity contribution >= 4 is 5.97 Å². The SMILES string of the molecule is O=C(O)CCCCCNCC(F)(F)C(F)F. The van der Waals surface area contributed by atoms with Gasteiger partial charge in [-0.05, 0) is 19.4 Å². The number of rotatable bonds is 9. The van der Waals surface area contributed by atoms with Gasteiger partial charge < -0.3 is 10.4 Å². The van der Waals surface area contributed by atoms with E-state index in [-0.39, 0.29) is 13.0 Å². The summed E-state index contributed by atoms with van der Waals surface area (Å²) in [6.45, 7) is -0.870. The zero-order chi connectivity index (χ0) is 12.6. The second-order valence-corrected chi connectivity index (χ2v) is 3.44. The zero-order valence-corrected chi connectivity index (χ0v) is 8.69. The summed E-state index contributed by atoms with van der Waals surface area (Å²) in [5, 5.41) is 10.5. The van der Waals surface area contributed by atoms with E-state index in [2.05, 4.69) is 5.32 Å². The second kappa shape index (κ2) is 7.43.